The van der Waals surface area contributed by atoms with Crippen LogP contribution in [0.4, 0.5) is 5.69 Å². The molecule has 1 aliphatic heterocycles. The third-order valence-corrected chi connectivity index (χ3v) is 5.64. The summed E-state index contributed by atoms with van der Waals surface area (Å²) in [4.78, 5) is 15.8. The molecule has 30 heavy (non-hydrogen) atoms. The van der Waals surface area contributed by atoms with Crippen molar-refractivity contribution >= 4 is 17.2 Å². The summed E-state index contributed by atoms with van der Waals surface area (Å²) in [5, 5.41) is 18.9. The van der Waals surface area contributed by atoms with Gasteiger partial charge in [-0.25, -0.2) is 4.79 Å². The van der Waals surface area contributed by atoms with Crippen LogP contribution in [0.2, 0.25) is 0 Å². The van der Waals surface area contributed by atoms with E-state index in [2.05, 4.69) is 22.8 Å². The van der Waals surface area contributed by atoms with Crippen molar-refractivity contribution in [1.29, 1.82) is 0 Å². The fraction of sp³-hybridized carbons (Fsp3) is 0.320. The van der Waals surface area contributed by atoms with E-state index in [0.29, 0.717) is 11.6 Å². The first-order valence-electron chi connectivity index (χ1n) is 10.4. The standard InChI is InChI=1S/C25H30N2O3/c1-3-4-6-21(22-7-5-8-24(28)18-22)17-19(2)26-13-15-27(16-14-26)23-11-9-20(10-12-23)25(29)30/h3-12,18-19,28H,13-17H2,1-2H3,(H,29,30)/b4-3-,21-6+. The number of rotatable bonds is 7. The number of piperazine rings is 1. The number of hydrogen-bond acceptors (Lipinski definition) is 4. The van der Waals surface area contributed by atoms with E-state index in [1.54, 1.807) is 18.2 Å². The van der Waals surface area contributed by atoms with Crippen molar-refractivity contribution in [2.24, 2.45) is 0 Å². The van der Waals surface area contributed by atoms with Crippen LogP contribution in [0, 0.1) is 0 Å². The van der Waals surface area contributed by atoms with E-state index in [1.807, 2.05) is 49.4 Å². The maximum Gasteiger partial charge on any atom is 0.335 e. The topological polar surface area (TPSA) is 64.0 Å². The number of phenolic OH excluding ortho intramolecular Hbond substituents is 1. The number of carbonyl (C=O) groups is 1. The highest BCUT2D eigenvalue weighted by Gasteiger charge is 2.22. The van der Waals surface area contributed by atoms with Gasteiger partial charge in [0.15, 0.2) is 0 Å². The minimum atomic E-state index is -0.895. The molecule has 5 nitrogen and oxygen atoms in total. The van der Waals surface area contributed by atoms with Gasteiger partial charge in [0.2, 0.25) is 0 Å². The minimum Gasteiger partial charge on any atom is -0.508 e. The van der Waals surface area contributed by atoms with Crippen molar-refractivity contribution in [2.75, 3.05) is 31.1 Å². The van der Waals surface area contributed by atoms with Crippen LogP contribution in [0.5, 0.6) is 5.75 Å². The van der Waals surface area contributed by atoms with Crippen molar-refractivity contribution in [3.05, 3.63) is 77.9 Å². The highest BCUT2D eigenvalue weighted by molar-refractivity contribution is 5.88. The second-order valence-electron chi connectivity index (χ2n) is 7.70. The van der Waals surface area contributed by atoms with Gasteiger partial charge in [-0.2, -0.15) is 0 Å². The third kappa shape index (κ3) is 5.51. The number of hydrogen-bond donors (Lipinski definition) is 2. The number of carboxylic acid groups (broad SMARTS) is 1. The molecule has 0 radical (unpaired) electrons. The van der Waals surface area contributed by atoms with Crippen molar-refractivity contribution < 1.29 is 15.0 Å². The predicted molar refractivity (Wildman–Crippen MR) is 122 cm³/mol. The number of phenols is 1. The average molecular weight is 407 g/mol. The lowest BCUT2D eigenvalue weighted by molar-refractivity contribution is 0.0697. The van der Waals surface area contributed by atoms with E-state index >= 15 is 0 Å². The van der Waals surface area contributed by atoms with Gasteiger partial charge in [0.25, 0.3) is 0 Å². The maximum atomic E-state index is 11.0. The zero-order chi connectivity index (χ0) is 21.5. The lowest BCUT2D eigenvalue weighted by atomic mass is 9.97. The number of carboxylic acids is 1. The fourth-order valence-corrected chi connectivity index (χ4v) is 3.88. The van der Waals surface area contributed by atoms with Gasteiger partial charge in [0.1, 0.15) is 5.75 Å². The largest absolute Gasteiger partial charge is 0.508 e. The van der Waals surface area contributed by atoms with Gasteiger partial charge in [-0.15, -0.1) is 0 Å². The first-order chi connectivity index (χ1) is 14.5. The SMILES string of the molecule is C/C=C\C=C(/CC(C)N1CCN(c2ccc(C(=O)O)cc2)CC1)c1cccc(O)c1. The second-order valence-corrected chi connectivity index (χ2v) is 7.70. The Morgan fingerprint density at radius 1 is 1.07 bits per heavy atom. The van der Waals surface area contributed by atoms with E-state index in [1.165, 1.54) is 5.57 Å². The van der Waals surface area contributed by atoms with Crippen LogP contribution in [-0.4, -0.2) is 53.3 Å². The zero-order valence-electron chi connectivity index (χ0n) is 17.7. The van der Waals surface area contributed by atoms with Crippen LogP contribution in [0.15, 0.2) is 66.8 Å². The van der Waals surface area contributed by atoms with Gasteiger partial charge in [0, 0.05) is 37.9 Å². The van der Waals surface area contributed by atoms with Crippen LogP contribution < -0.4 is 4.90 Å². The van der Waals surface area contributed by atoms with Gasteiger partial charge < -0.3 is 15.1 Å². The molecule has 0 bridgehead atoms. The number of anilines is 1. The highest BCUT2D eigenvalue weighted by atomic mass is 16.4. The third-order valence-electron chi connectivity index (χ3n) is 5.64. The van der Waals surface area contributed by atoms with E-state index < -0.39 is 5.97 Å². The predicted octanol–water partition coefficient (Wildman–Crippen LogP) is 4.65. The van der Waals surface area contributed by atoms with Crippen LogP contribution in [0.3, 0.4) is 0 Å². The molecule has 3 rings (SSSR count). The van der Waals surface area contributed by atoms with Crippen LogP contribution in [-0.2, 0) is 0 Å². The Hall–Kier alpha value is -3.05. The zero-order valence-corrected chi connectivity index (χ0v) is 17.7. The first-order valence-corrected chi connectivity index (χ1v) is 10.4. The molecule has 1 fully saturated rings. The number of benzene rings is 2. The lowest BCUT2D eigenvalue weighted by Gasteiger charge is -2.39. The van der Waals surface area contributed by atoms with Gasteiger partial charge in [-0.05, 0) is 67.8 Å². The smallest absolute Gasteiger partial charge is 0.335 e. The first kappa shape index (κ1) is 21.7. The molecule has 1 unspecified atom stereocenters. The molecule has 2 aromatic rings. The summed E-state index contributed by atoms with van der Waals surface area (Å²) < 4.78 is 0. The highest BCUT2D eigenvalue weighted by Crippen LogP contribution is 2.26. The molecular formula is C25H30N2O3. The molecule has 1 aliphatic rings. The van der Waals surface area contributed by atoms with E-state index in [0.717, 1.165) is 43.9 Å². The molecule has 0 aromatic heterocycles. The molecule has 2 aromatic carbocycles. The molecule has 158 valence electrons. The minimum absolute atomic E-state index is 0.286. The Labute approximate surface area is 178 Å². The molecule has 1 saturated heterocycles. The lowest BCUT2D eigenvalue weighted by Crippen LogP contribution is -2.49. The van der Waals surface area contributed by atoms with Crippen LogP contribution in [0.1, 0.15) is 36.2 Å². The fourth-order valence-electron chi connectivity index (χ4n) is 3.88. The average Bonchev–Trinajstić information content (AvgIpc) is 2.76. The number of aromatic carboxylic acids is 1. The Morgan fingerprint density at radius 2 is 1.77 bits per heavy atom. The summed E-state index contributed by atoms with van der Waals surface area (Å²) in [5.74, 6) is -0.609. The van der Waals surface area contributed by atoms with E-state index in [9.17, 15) is 9.90 Å². The molecule has 1 heterocycles. The number of allylic oxidation sites excluding steroid dienone is 3. The van der Waals surface area contributed by atoms with Crippen LogP contribution in [0.25, 0.3) is 5.57 Å². The van der Waals surface area contributed by atoms with Crippen molar-refractivity contribution in [3.63, 3.8) is 0 Å². The number of nitrogens with zero attached hydrogens (tertiary/aromatic N) is 2. The van der Waals surface area contributed by atoms with Gasteiger partial charge in [-0.1, -0.05) is 30.4 Å². The van der Waals surface area contributed by atoms with Crippen molar-refractivity contribution in [1.82, 2.24) is 4.90 Å². The summed E-state index contributed by atoms with van der Waals surface area (Å²) >= 11 is 0. The normalized spacial score (nSPS) is 16.7. The Balaban J connectivity index is 1.62. The van der Waals surface area contributed by atoms with Gasteiger partial charge >= 0.3 is 5.97 Å². The summed E-state index contributed by atoms with van der Waals surface area (Å²) in [7, 11) is 0. The number of aromatic hydroxyl groups is 1. The van der Waals surface area contributed by atoms with Gasteiger partial charge in [-0.3, -0.25) is 4.90 Å². The molecule has 0 saturated carbocycles. The quantitative estimate of drug-likeness (QED) is 0.655. The molecule has 0 amide bonds. The molecular weight excluding hydrogens is 376 g/mol. The van der Waals surface area contributed by atoms with Crippen LogP contribution >= 0.6 is 0 Å². The molecule has 0 spiro atoms. The van der Waals surface area contributed by atoms with Gasteiger partial charge in [0.05, 0.1) is 5.56 Å². The Bertz CT molecular complexity index is 910. The summed E-state index contributed by atoms with van der Waals surface area (Å²) in [6.07, 6.45) is 7.10. The molecule has 0 aliphatic carbocycles. The Morgan fingerprint density at radius 3 is 2.37 bits per heavy atom. The summed E-state index contributed by atoms with van der Waals surface area (Å²) in [5.41, 5.74) is 3.65. The molecule has 5 heteroatoms. The molecule has 2 N–H and O–H groups in total. The maximum absolute atomic E-state index is 11.0. The Kier molecular flexibility index (Phi) is 7.31. The van der Waals surface area contributed by atoms with E-state index in [4.69, 9.17) is 5.11 Å². The second kappa shape index (κ2) is 10.1. The summed E-state index contributed by atoms with van der Waals surface area (Å²) in [6.45, 7) is 8.00. The monoisotopic (exact) mass is 406 g/mol. The summed E-state index contributed by atoms with van der Waals surface area (Å²) in [6, 6.07) is 14.9. The van der Waals surface area contributed by atoms with Crippen molar-refractivity contribution in [3.8, 4) is 5.75 Å². The molecule has 1 atom stereocenters. The van der Waals surface area contributed by atoms with E-state index in [-0.39, 0.29) is 5.75 Å². The van der Waals surface area contributed by atoms with Crippen molar-refractivity contribution in [2.45, 2.75) is 26.3 Å².